The molecular weight excluding hydrogens is 333 g/mol. The molecule has 2 rings (SSSR count). The molecule has 8 heteroatoms. The van der Waals surface area contributed by atoms with E-state index in [4.69, 9.17) is 15.3 Å². The molecule has 2 aromatic rings. The highest BCUT2D eigenvalue weighted by Crippen LogP contribution is 2.40. The number of hydrogen-bond donors (Lipinski definition) is 0. The van der Waals surface area contributed by atoms with Crippen molar-refractivity contribution >= 4 is 11.4 Å². The summed E-state index contributed by atoms with van der Waals surface area (Å²) in [7, 11) is 1.34. The van der Waals surface area contributed by atoms with Gasteiger partial charge in [0.2, 0.25) is 5.71 Å². The fraction of sp³-hybridized carbons (Fsp3) is 0.118. The van der Waals surface area contributed by atoms with E-state index in [0.29, 0.717) is 0 Å². The number of ether oxygens (including phenoxy) is 1. The van der Waals surface area contributed by atoms with E-state index in [2.05, 4.69) is 5.10 Å². The molecule has 2 aromatic carbocycles. The second-order valence-corrected chi connectivity index (χ2v) is 4.79. The first-order valence-electron chi connectivity index (χ1n) is 6.92. The summed E-state index contributed by atoms with van der Waals surface area (Å²) < 4.78 is 45.4. The van der Waals surface area contributed by atoms with E-state index in [1.54, 1.807) is 30.3 Å². The Labute approximate surface area is 141 Å². The summed E-state index contributed by atoms with van der Waals surface area (Å²) in [6, 6.07) is 14.5. The smallest absolute Gasteiger partial charge is 0.420 e. The quantitative estimate of drug-likeness (QED) is 0.611. The molecule has 0 spiro atoms. The Morgan fingerprint density at radius 3 is 2.28 bits per heavy atom. The Kier molecular flexibility index (Phi) is 5.25. The van der Waals surface area contributed by atoms with Crippen molar-refractivity contribution in [3.8, 4) is 23.6 Å². The van der Waals surface area contributed by atoms with E-state index in [9.17, 15) is 13.2 Å². The fourth-order valence-corrected chi connectivity index (χ4v) is 1.92. The van der Waals surface area contributed by atoms with Gasteiger partial charge in [0.15, 0.2) is 0 Å². The molecule has 0 aliphatic heterocycles. The second kappa shape index (κ2) is 7.37. The van der Waals surface area contributed by atoms with Crippen LogP contribution in [0.1, 0.15) is 5.56 Å². The highest BCUT2D eigenvalue weighted by molar-refractivity contribution is 6.10. The minimum Gasteiger partial charge on any atom is -0.457 e. The number of para-hydroxylation sites is 1. The maximum absolute atomic E-state index is 13.4. The van der Waals surface area contributed by atoms with Crippen LogP contribution in [-0.2, 0) is 6.18 Å². The molecule has 126 valence electrons. The standard InChI is InChI=1S/C17H11F3N4O/c1-24(23-12(10-21)11-22)13-7-8-16(15(9-13)17(18,19)20)25-14-5-3-2-4-6-14/h2-9H,1H3. The molecule has 0 heterocycles. The van der Waals surface area contributed by atoms with Gasteiger partial charge in [-0.3, -0.25) is 5.01 Å². The summed E-state index contributed by atoms with van der Waals surface area (Å²) in [4.78, 5) is 0. The van der Waals surface area contributed by atoms with Crippen LogP contribution in [-0.4, -0.2) is 12.8 Å². The summed E-state index contributed by atoms with van der Waals surface area (Å²) >= 11 is 0. The largest absolute Gasteiger partial charge is 0.457 e. The van der Waals surface area contributed by atoms with Gasteiger partial charge in [0, 0.05) is 7.05 Å². The third-order valence-electron chi connectivity index (χ3n) is 3.08. The van der Waals surface area contributed by atoms with Crippen molar-refractivity contribution in [3.63, 3.8) is 0 Å². The van der Waals surface area contributed by atoms with Crippen molar-refractivity contribution in [1.29, 1.82) is 10.5 Å². The van der Waals surface area contributed by atoms with Crippen LogP contribution in [0.5, 0.6) is 11.5 Å². The lowest BCUT2D eigenvalue weighted by atomic mass is 10.1. The highest BCUT2D eigenvalue weighted by atomic mass is 19.4. The van der Waals surface area contributed by atoms with Gasteiger partial charge in [-0.2, -0.15) is 28.8 Å². The van der Waals surface area contributed by atoms with E-state index >= 15 is 0 Å². The third-order valence-corrected chi connectivity index (χ3v) is 3.08. The maximum atomic E-state index is 13.4. The molecule has 0 fully saturated rings. The monoisotopic (exact) mass is 344 g/mol. The van der Waals surface area contributed by atoms with E-state index < -0.39 is 17.5 Å². The molecule has 0 atom stereocenters. The minimum atomic E-state index is -4.65. The van der Waals surface area contributed by atoms with Gasteiger partial charge in [0.25, 0.3) is 0 Å². The molecule has 0 unspecified atom stereocenters. The summed E-state index contributed by atoms with van der Waals surface area (Å²) in [5.41, 5.74) is -1.41. The van der Waals surface area contributed by atoms with Gasteiger partial charge in [-0.25, -0.2) is 0 Å². The summed E-state index contributed by atoms with van der Waals surface area (Å²) in [6.07, 6.45) is -4.65. The Morgan fingerprint density at radius 1 is 1.08 bits per heavy atom. The average Bonchev–Trinajstić information content (AvgIpc) is 2.59. The lowest BCUT2D eigenvalue weighted by molar-refractivity contribution is -0.138. The summed E-state index contributed by atoms with van der Waals surface area (Å²) in [5, 5.41) is 22.0. The number of alkyl halides is 3. The lowest BCUT2D eigenvalue weighted by Crippen LogP contribution is -2.14. The van der Waals surface area contributed by atoms with E-state index in [1.165, 1.54) is 25.2 Å². The molecule has 0 saturated heterocycles. The van der Waals surface area contributed by atoms with Crippen molar-refractivity contribution in [1.82, 2.24) is 0 Å². The molecule has 0 radical (unpaired) electrons. The molecule has 0 amide bonds. The number of hydrazone groups is 1. The van der Waals surface area contributed by atoms with Crippen LogP contribution in [0.2, 0.25) is 0 Å². The van der Waals surface area contributed by atoms with Crippen LogP contribution in [0, 0.1) is 22.7 Å². The van der Waals surface area contributed by atoms with Crippen LogP contribution in [0.15, 0.2) is 53.6 Å². The summed E-state index contributed by atoms with van der Waals surface area (Å²) in [5.74, 6) is -0.0935. The predicted molar refractivity (Wildman–Crippen MR) is 85.0 cm³/mol. The number of halogens is 3. The maximum Gasteiger partial charge on any atom is 0.420 e. The SMILES string of the molecule is CN(N=C(C#N)C#N)c1ccc(Oc2ccccc2)c(C(F)(F)F)c1. The molecule has 25 heavy (non-hydrogen) atoms. The zero-order valence-electron chi connectivity index (χ0n) is 12.9. The number of rotatable bonds is 4. The Morgan fingerprint density at radius 2 is 1.72 bits per heavy atom. The van der Waals surface area contributed by atoms with Crippen molar-refractivity contribution in [2.24, 2.45) is 5.10 Å². The molecule has 0 aliphatic rings. The molecule has 0 saturated carbocycles. The zero-order chi connectivity index (χ0) is 18.4. The van der Waals surface area contributed by atoms with E-state index in [0.717, 1.165) is 17.1 Å². The first-order valence-corrected chi connectivity index (χ1v) is 6.92. The average molecular weight is 344 g/mol. The Hall–Kier alpha value is -3.52. The molecule has 0 N–H and O–H groups in total. The first kappa shape index (κ1) is 17.8. The van der Waals surface area contributed by atoms with Crippen molar-refractivity contribution < 1.29 is 17.9 Å². The van der Waals surface area contributed by atoms with Gasteiger partial charge in [0.05, 0.1) is 5.69 Å². The lowest BCUT2D eigenvalue weighted by Gasteiger charge is -2.18. The van der Waals surface area contributed by atoms with Crippen LogP contribution in [0.4, 0.5) is 18.9 Å². The van der Waals surface area contributed by atoms with Crippen LogP contribution in [0.25, 0.3) is 0 Å². The molecule has 5 nitrogen and oxygen atoms in total. The number of anilines is 1. The van der Waals surface area contributed by atoms with Crippen molar-refractivity contribution in [3.05, 3.63) is 54.1 Å². The van der Waals surface area contributed by atoms with Gasteiger partial charge in [-0.15, -0.1) is 0 Å². The number of nitrogens with zero attached hydrogens (tertiary/aromatic N) is 4. The Bertz CT molecular complexity index is 848. The van der Waals surface area contributed by atoms with Crippen LogP contribution >= 0.6 is 0 Å². The first-order chi connectivity index (χ1) is 11.8. The van der Waals surface area contributed by atoms with E-state index in [1.807, 2.05) is 0 Å². The Balaban J connectivity index is 2.43. The summed E-state index contributed by atoms with van der Waals surface area (Å²) in [6.45, 7) is 0. The topological polar surface area (TPSA) is 72.4 Å². The third kappa shape index (κ3) is 4.49. The van der Waals surface area contributed by atoms with Crippen molar-refractivity contribution in [2.75, 3.05) is 12.1 Å². The normalized spacial score (nSPS) is 10.3. The molecule has 0 aromatic heterocycles. The van der Waals surface area contributed by atoms with Gasteiger partial charge < -0.3 is 4.74 Å². The molecule has 0 aliphatic carbocycles. The van der Waals surface area contributed by atoms with Gasteiger partial charge in [-0.05, 0) is 30.3 Å². The van der Waals surface area contributed by atoms with Gasteiger partial charge >= 0.3 is 6.18 Å². The molecular formula is C17H11F3N4O. The van der Waals surface area contributed by atoms with Crippen molar-refractivity contribution in [2.45, 2.75) is 6.18 Å². The van der Waals surface area contributed by atoms with E-state index in [-0.39, 0.29) is 17.2 Å². The zero-order valence-corrected chi connectivity index (χ0v) is 12.9. The van der Waals surface area contributed by atoms with Crippen LogP contribution in [0.3, 0.4) is 0 Å². The van der Waals surface area contributed by atoms with Crippen LogP contribution < -0.4 is 9.75 Å². The number of benzene rings is 2. The van der Waals surface area contributed by atoms with Gasteiger partial charge in [0.1, 0.15) is 29.2 Å². The fourth-order valence-electron chi connectivity index (χ4n) is 1.92. The van der Waals surface area contributed by atoms with Gasteiger partial charge in [-0.1, -0.05) is 18.2 Å². The predicted octanol–water partition coefficient (Wildman–Crippen LogP) is 4.34. The highest BCUT2D eigenvalue weighted by Gasteiger charge is 2.35. The number of nitriles is 2. The second-order valence-electron chi connectivity index (χ2n) is 4.79. The number of hydrogen-bond acceptors (Lipinski definition) is 5. The molecule has 0 bridgehead atoms. The minimum absolute atomic E-state index is 0.0516.